The molecule has 0 spiro atoms. The second-order valence-electron chi connectivity index (χ2n) is 2.71. The third kappa shape index (κ3) is 4.99. The lowest BCUT2D eigenvalue weighted by molar-refractivity contribution is -0.265. The Balaban J connectivity index is 4.26. The Morgan fingerprint density at radius 2 is 2.23 bits per heavy atom. The van der Waals surface area contributed by atoms with Gasteiger partial charge in [-0.25, -0.2) is 4.79 Å². The fourth-order valence-electron chi connectivity index (χ4n) is 0.642. The van der Waals surface area contributed by atoms with E-state index in [1.54, 1.807) is 13.0 Å². The number of allylic oxidation sites excluding steroid dienone is 1. The first kappa shape index (κ1) is 11.7. The highest BCUT2D eigenvalue weighted by atomic mass is 17.2. The number of carbonyl (C=O) groups excluding carboxylic acids is 1. The average Bonchev–Trinajstić information content (AvgIpc) is 2.09. The first-order valence-corrected chi connectivity index (χ1v) is 4.07. The van der Waals surface area contributed by atoms with Crippen molar-refractivity contribution in [2.75, 3.05) is 6.61 Å². The molecule has 0 atom stereocenters. The molecular weight excluding hydrogens is 170 g/mol. The van der Waals surface area contributed by atoms with Crippen LogP contribution in [0.3, 0.4) is 0 Å². The summed E-state index contributed by atoms with van der Waals surface area (Å²) in [4.78, 5) is 19.8. The quantitative estimate of drug-likeness (QED) is 0.287. The zero-order chi connectivity index (χ0) is 10.3. The lowest BCUT2D eigenvalue weighted by Crippen LogP contribution is -2.08. The molecule has 0 aromatic heterocycles. The minimum Gasteiger partial charge on any atom is -0.292 e. The van der Waals surface area contributed by atoms with Gasteiger partial charge >= 0.3 is 5.97 Å². The lowest BCUT2D eigenvalue weighted by atomic mass is 10.1. The molecule has 0 saturated carbocycles. The van der Waals surface area contributed by atoms with Crippen LogP contribution < -0.4 is 0 Å². The Hall–Kier alpha value is -1.34. The van der Waals surface area contributed by atoms with Gasteiger partial charge in [-0.3, -0.25) is 4.89 Å². The molecule has 0 aliphatic rings. The Labute approximate surface area is 77.7 Å². The first-order valence-electron chi connectivity index (χ1n) is 4.07. The van der Waals surface area contributed by atoms with Crippen LogP contribution >= 0.6 is 0 Å². The van der Waals surface area contributed by atoms with Crippen molar-refractivity contribution in [3.8, 4) is 6.07 Å². The molecule has 0 bridgehead atoms. The van der Waals surface area contributed by atoms with Crippen LogP contribution in [0.5, 0.6) is 0 Å². The summed E-state index contributed by atoms with van der Waals surface area (Å²) in [6.07, 6.45) is 1.53. The van der Waals surface area contributed by atoms with E-state index in [0.29, 0.717) is 0 Å². The predicted octanol–water partition coefficient (Wildman–Crippen LogP) is 1.59. The van der Waals surface area contributed by atoms with Gasteiger partial charge in [-0.05, 0) is 12.8 Å². The molecule has 4 nitrogen and oxygen atoms in total. The number of hydrogen-bond donors (Lipinski definition) is 0. The van der Waals surface area contributed by atoms with Gasteiger partial charge in [0.15, 0.2) is 0 Å². The Kier molecular flexibility index (Phi) is 5.57. The van der Waals surface area contributed by atoms with E-state index in [0.717, 1.165) is 0 Å². The summed E-state index contributed by atoms with van der Waals surface area (Å²) in [5.74, 6) is -0.609. The van der Waals surface area contributed by atoms with E-state index < -0.39 is 5.97 Å². The van der Waals surface area contributed by atoms with Gasteiger partial charge in [-0.15, -0.1) is 0 Å². The summed E-state index contributed by atoms with van der Waals surface area (Å²) in [5.41, 5.74) is -0.0246. The van der Waals surface area contributed by atoms with Crippen LogP contribution in [-0.2, 0) is 14.6 Å². The van der Waals surface area contributed by atoms with Crippen molar-refractivity contribution in [2.45, 2.75) is 20.8 Å². The number of carbonyl (C=O) groups is 1. The van der Waals surface area contributed by atoms with E-state index in [4.69, 9.17) is 5.26 Å². The van der Waals surface area contributed by atoms with Crippen molar-refractivity contribution in [3.63, 3.8) is 0 Å². The molecule has 0 rings (SSSR count). The first-order chi connectivity index (χ1) is 6.11. The van der Waals surface area contributed by atoms with Gasteiger partial charge in [0.2, 0.25) is 0 Å². The highest BCUT2D eigenvalue weighted by molar-refractivity contribution is 5.92. The molecule has 13 heavy (non-hydrogen) atoms. The largest absolute Gasteiger partial charge is 0.383 e. The minimum atomic E-state index is -0.738. The third-order valence-corrected chi connectivity index (χ3v) is 1.09. The molecule has 72 valence electrons. The molecular formula is C9H13NO3. The summed E-state index contributed by atoms with van der Waals surface area (Å²) in [6, 6.07) is 1.75. The van der Waals surface area contributed by atoms with Crippen LogP contribution in [0, 0.1) is 17.2 Å². The molecule has 0 heterocycles. The standard InChI is InChI=1S/C9H13NO3/c1-4-12-13-9(11)8(6-10)5-7(2)3/h5,7H,4H2,1-3H3. The maximum Gasteiger partial charge on any atom is 0.383 e. The van der Waals surface area contributed by atoms with Gasteiger partial charge in [0.1, 0.15) is 11.6 Å². The van der Waals surface area contributed by atoms with Crippen LogP contribution in [0.4, 0.5) is 0 Å². The zero-order valence-corrected chi connectivity index (χ0v) is 8.03. The van der Waals surface area contributed by atoms with Crippen LogP contribution in [-0.4, -0.2) is 12.6 Å². The normalized spacial score (nSPS) is 11.2. The van der Waals surface area contributed by atoms with E-state index in [1.807, 2.05) is 13.8 Å². The fraction of sp³-hybridized carbons (Fsp3) is 0.556. The fourth-order valence-corrected chi connectivity index (χ4v) is 0.642. The van der Waals surface area contributed by atoms with E-state index in [9.17, 15) is 4.79 Å². The van der Waals surface area contributed by atoms with Gasteiger partial charge in [0.05, 0.1) is 6.61 Å². The second-order valence-corrected chi connectivity index (χ2v) is 2.71. The van der Waals surface area contributed by atoms with E-state index >= 15 is 0 Å². The van der Waals surface area contributed by atoms with Crippen molar-refractivity contribution >= 4 is 5.97 Å². The second kappa shape index (κ2) is 6.21. The van der Waals surface area contributed by atoms with Crippen LogP contribution in [0.15, 0.2) is 11.6 Å². The number of rotatable bonds is 4. The molecule has 0 aliphatic carbocycles. The Morgan fingerprint density at radius 1 is 1.62 bits per heavy atom. The van der Waals surface area contributed by atoms with E-state index in [-0.39, 0.29) is 18.1 Å². The third-order valence-electron chi connectivity index (χ3n) is 1.09. The summed E-state index contributed by atoms with van der Waals surface area (Å²) < 4.78 is 0. The molecule has 0 aliphatic heterocycles. The molecule has 4 heteroatoms. The SMILES string of the molecule is CCOOC(=O)C(C#N)=CC(C)C. The van der Waals surface area contributed by atoms with Crippen molar-refractivity contribution in [2.24, 2.45) is 5.92 Å². The van der Waals surface area contributed by atoms with E-state index in [1.165, 1.54) is 6.08 Å². The molecule has 0 amide bonds. The smallest absolute Gasteiger partial charge is 0.292 e. The van der Waals surface area contributed by atoms with Gasteiger partial charge < -0.3 is 0 Å². The van der Waals surface area contributed by atoms with Gasteiger partial charge in [0, 0.05) is 0 Å². The van der Waals surface area contributed by atoms with Crippen LogP contribution in [0.2, 0.25) is 0 Å². The molecule has 0 fully saturated rings. The summed E-state index contributed by atoms with van der Waals surface area (Å²) in [7, 11) is 0. The predicted molar refractivity (Wildman–Crippen MR) is 46.3 cm³/mol. The number of nitrogens with zero attached hydrogens (tertiary/aromatic N) is 1. The van der Waals surface area contributed by atoms with Gasteiger partial charge in [0.25, 0.3) is 0 Å². The molecule has 0 N–H and O–H groups in total. The summed E-state index contributed by atoms with van der Waals surface area (Å²) in [5, 5.41) is 8.57. The van der Waals surface area contributed by atoms with E-state index in [2.05, 4.69) is 9.78 Å². The topological polar surface area (TPSA) is 59.3 Å². The van der Waals surface area contributed by atoms with Crippen molar-refractivity contribution in [1.82, 2.24) is 0 Å². The summed E-state index contributed by atoms with van der Waals surface area (Å²) >= 11 is 0. The molecule has 0 radical (unpaired) electrons. The molecule has 0 unspecified atom stereocenters. The number of nitriles is 1. The lowest BCUT2D eigenvalue weighted by Gasteiger charge is -2.00. The Bertz CT molecular complexity index is 238. The van der Waals surface area contributed by atoms with Crippen LogP contribution in [0.25, 0.3) is 0 Å². The van der Waals surface area contributed by atoms with Crippen molar-refractivity contribution < 1.29 is 14.6 Å². The molecule has 0 aromatic rings. The monoisotopic (exact) mass is 183 g/mol. The maximum atomic E-state index is 11.0. The van der Waals surface area contributed by atoms with Gasteiger partial charge in [-0.2, -0.15) is 10.1 Å². The van der Waals surface area contributed by atoms with Gasteiger partial charge in [-0.1, -0.05) is 19.9 Å². The Morgan fingerprint density at radius 3 is 2.62 bits per heavy atom. The zero-order valence-electron chi connectivity index (χ0n) is 8.03. The average molecular weight is 183 g/mol. The molecule has 0 aromatic carbocycles. The van der Waals surface area contributed by atoms with Crippen LogP contribution in [0.1, 0.15) is 20.8 Å². The van der Waals surface area contributed by atoms with Crippen molar-refractivity contribution in [1.29, 1.82) is 5.26 Å². The highest BCUT2D eigenvalue weighted by Crippen LogP contribution is 2.03. The maximum absolute atomic E-state index is 11.0. The molecule has 0 saturated heterocycles. The minimum absolute atomic E-state index is 0.0246. The van der Waals surface area contributed by atoms with Crippen molar-refractivity contribution in [3.05, 3.63) is 11.6 Å². The highest BCUT2D eigenvalue weighted by Gasteiger charge is 2.11. The number of hydrogen-bond acceptors (Lipinski definition) is 4. The summed E-state index contributed by atoms with van der Waals surface area (Å²) in [6.45, 7) is 5.69.